The maximum absolute atomic E-state index is 12.2. The minimum atomic E-state index is -0.0725. The van der Waals surface area contributed by atoms with Crippen molar-refractivity contribution in [2.45, 2.75) is 50.6 Å². The first-order valence-electron chi connectivity index (χ1n) is 8.51. The van der Waals surface area contributed by atoms with Crippen molar-refractivity contribution in [3.05, 3.63) is 24.2 Å². The molecule has 0 spiro atoms. The molecule has 0 bridgehead atoms. The Morgan fingerprint density at radius 2 is 2.00 bits per heavy atom. The van der Waals surface area contributed by atoms with Crippen LogP contribution in [0.4, 0.5) is 0 Å². The second kappa shape index (κ2) is 8.53. The fraction of sp³-hybridized carbons (Fsp3) is 0.647. The summed E-state index contributed by atoms with van der Waals surface area (Å²) in [6.07, 6.45) is 6.84. The van der Waals surface area contributed by atoms with Crippen LogP contribution in [0.25, 0.3) is 0 Å². The third kappa shape index (κ3) is 4.51. The van der Waals surface area contributed by atoms with Crippen LogP contribution < -0.4 is 11.1 Å². The molecule has 0 aromatic carbocycles. The smallest absolute Gasteiger partial charge is 0.289 e. The number of nitrogens with zero attached hydrogens (tertiary/aromatic N) is 1. The number of carbonyl (C=O) groups is 2. The number of rotatable bonds is 4. The number of furan rings is 1. The van der Waals surface area contributed by atoms with Gasteiger partial charge in [0.2, 0.25) is 5.91 Å². The molecule has 6 nitrogen and oxygen atoms in total. The largest absolute Gasteiger partial charge is 0.459 e. The number of likely N-dealkylation sites (tertiary alicyclic amines) is 1. The number of hydrogen-bond donors (Lipinski definition) is 2. The maximum Gasteiger partial charge on any atom is 0.289 e. The fourth-order valence-corrected chi connectivity index (χ4v) is 3.63. The molecule has 0 radical (unpaired) electrons. The summed E-state index contributed by atoms with van der Waals surface area (Å²) < 4.78 is 5.15. The Morgan fingerprint density at radius 3 is 2.58 bits per heavy atom. The average molecular weight is 356 g/mol. The van der Waals surface area contributed by atoms with Gasteiger partial charge in [0.15, 0.2) is 5.76 Å². The lowest BCUT2D eigenvalue weighted by Gasteiger charge is -2.32. The van der Waals surface area contributed by atoms with E-state index < -0.39 is 0 Å². The van der Waals surface area contributed by atoms with Gasteiger partial charge >= 0.3 is 0 Å². The monoisotopic (exact) mass is 355 g/mol. The number of nitrogens with one attached hydrogen (secondary N) is 1. The molecule has 134 valence electrons. The molecule has 1 aliphatic heterocycles. The predicted molar refractivity (Wildman–Crippen MR) is 93.0 cm³/mol. The minimum Gasteiger partial charge on any atom is -0.459 e. The summed E-state index contributed by atoms with van der Waals surface area (Å²) in [4.78, 5) is 26.1. The summed E-state index contributed by atoms with van der Waals surface area (Å²) >= 11 is 0. The lowest BCUT2D eigenvalue weighted by Crippen LogP contribution is -2.47. The van der Waals surface area contributed by atoms with Gasteiger partial charge in [0, 0.05) is 31.6 Å². The number of amides is 2. The van der Waals surface area contributed by atoms with Crippen molar-refractivity contribution in [2.75, 3.05) is 13.1 Å². The third-order valence-electron chi connectivity index (χ3n) is 5.04. The number of halogens is 1. The van der Waals surface area contributed by atoms with Crippen LogP contribution in [0.2, 0.25) is 0 Å². The number of nitrogens with two attached hydrogens (primary N) is 1. The molecule has 2 fully saturated rings. The van der Waals surface area contributed by atoms with Crippen LogP contribution in [0.1, 0.15) is 49.1 Å². The zero-order valence-electron chi connectivity index (χ0n) is 13.8. The van der Waals surface area contributed by atoms with Crippen molar-refractivity contribution < 1.29 is 14.0 Å². The van der Waals surface area contributed by atoms with Gasteiger partial charge in [-0.2, -0.15) is 0 Å². The fourth-order valence-electron chi connectivity index (χ4n) is 3.63. The van der Waals surface area contributed by atoms with Gasteiger partial charge in [-0.25, -0.2) is 0 Å². The van der Waals surface area contributed by atoms with Crippen molar-refractivity contribution in [3.8, 4) is 0 Å². The van der Waals surface area contributed by atoms with Gasteiger partial charge in [-0.15, -0.1) is 12.4 Å². The minimum absolute atomic E-state index is 0. The molecular weight excluding hydrogens is 330 g/mol. The number of carbonyl (C=O) groups excluding carboxylic acids is 2. The van der Waals surface area contributed by atoms with Gasteiger partial charge in [0.25, 0.3) is 5.91 Å². The first-order valence-corrected chi connectivity index (χ1v) is 8.51. The second-order valence-corrected chi connectivity index (χ2v) is 6.67. The van der Waals surface area contributed by atoms with E-state index in [2.05, 4.69) is 5.32 Å². The SMILES string of the molecule is Cl.N[C@@H]1CCC[C@H]1CC(=O)NC1CCN(C(=O)c2ccco2)CC1. The average Bonchev–Trinajstić information content (AvgIpc) is 3.20. The van der Waals surface area contributed by atoms with E-state index in [9.17, 15) is 9.59 Å². The highest BCUT2D eigenvalue weighted by atomic mass is 35.5. The molecule has 2 aliphatic rings. The summed E-state index contributed by atoms with van der Waals surface area (Å²) in [6.45, 7) is 1.29. The second-order valence-electron chi connectivity index (χ2n) is 6.67. The van der Waals surface area contributed by atoms with Crippen molar-refractivity contribution in [1.82, 2.24) is 10.2 Å². The van der Waals surface area contributed by atoms with Gasteiger partial charge in [0.1, 0.15) is 0 Å². The number of hydrogen-bond acceptors (Lipinski definition) is 4. The van der Waals surface area contributed by atoms with E-state index in [1.54, 1.807) is 17.0 Å². The van der Waals surface area contributed by atoms with E-state index in [4.69, 9.17) is 10.2 Å². The molecule has 7 heteroatoms. The Bertz CT molecular complexity index is 541. The van der Waals surface area contributed by atoms with Crippen LogP contribution in [0.15, 0.2) is 22.8 Å². The van der Waals surface area contributed by atoms with Crippen molar-refractivity contribution in [2.24, 2.45) is 11.7 Å². The Balaban J connectivity index is 0.00000208. The van der Waals surface area contributed by atoms with Gasteiger partial charge in [-0.1, -0.05) is 6.42 Å². The van der Waals surface area contributed by atoms with Gasteiger partial charge in [-0.05, 0) is 43.7 Å². The predicted octanol–water partition coefficient (Wildman–Crippen LogP) is 1.94. The molecule has 3 rings (SSSR count). The zero-order valence-corrected chi connectivity index (χ0v) is 14.6. The van der Waals surface area contributed by atoms with Crippen LogP contribution in [0.5, 0.6) is 0 Å². The van der Waals surface area contributed by atoms with Crippen LogP contribution in [0.3, 0.4) is 0 Å². The van der Waals surface area contributed by atoms with E-state index in [0.717, 1.165) is 32.1 Å². The molecule has 1 saturated heterocycles. The quantitative estimate of drug-likeness (QED) is 0.863. The Morgan fingerprint density at radius 1 is 1.25 bits per heavy atom. The molecule has 0 unspecified atom stereocenters. The summed E-state index contributed by atoms with van der Waals surface area (Å²) in [5, 5.41) is 3.10. The van der Waals surface area contributed by atoms with Gasteiger partial charge < -0.3 is 20.4 Å². The summed E-state index contributed by atoms with van der Waals surface area (Å²) in [5.41, 5.74) is 6.03. The molecular formula is C17H26ClN3O3. The molecule has 1 saturated carbocycles. The third-order valence-corrected chi connectivity index (χ3v) is 5.04. The van der Waals surface area contributed by atoms with Gasteiger partial charge in [-0.3, -0.25) is 9.59 Å². The Hall–Kier alpha value is -1.53. The topological polar surface area (TPSA) is 88.6 Å². The highest BCUT2D eigenvalue weighted by Crippen LogP contribution is 2.26. The number of piperidine rings is 1. The van der Waals surface area contributed by atoms with E-state index >= 15 is 0 Å². The summed E-state index contributed by atoms with van der Waals surface area (Å²) in [5.74, 6) is 0.734. The van der Waals surface area contributed by atoms with E-state index in [1.807, 2.05) is 0 Å². The lowest BCUT2D eigenvalue weighted by atomic mass is 9.98. The first kappa shape index (κ1) is 18.8. The molecule has 24 heavy (non-hydrogen) atoms. The normalized spacial score (nSPS) is 24.5. The Labute approximate surface area is 148 Å². The van der Waals surface area contributed by atoms with Crippen LogP contribution in [0, 0.1) is 5.92 Å². The Kier molecular flexibility index (Phi) is 6.69. The molecule has 3 N–H and O–H groups in total. The summed E-state index contributed by atoms with van der Waals surface area (Å²) in [7, 11) is 0. The molecule has 2 atom stereocenters. The molecule has 2 heterocycles. The van der Waals surface area contributed by atoms with Crippen LogP contribution >= 0.6 is 12.4 Å². The summed E-state index contributed by atoms with van der Waals surface area (Å²) in [6, 6.07) is 3.73. The van der Waals surface area contributed by atoms with E-state index in [0.29, 0.717) is 31.2 Å². The van der Waals surface area contributed by atoms with E-state index in [1.165, 1.54) is 6.26 Å². The molecule has 1 aromatic rings. The van der Waals surface area contributed by atoms with Crippen LogP contribution in [-0.2, 0) is 4.79 Å². The standard InChI is InChI=1S/C17H25N3O3.ClH/c18-14-4-1-3-12(14)11-16(21)19-13-6-8-20(9-7-13)17(22)15-5-2-10-23-15;/h2,5,10,12-14H,1,3-4,6-9,11,18H2,(H,19,21);1H/t12-,14+;/m0./s1. The molecule has 2 amide bonds. The van der Waals surface area contributed by atoms with Crippen molar-refractivity contribution in [1.29, 1.82) is 0 Å². The highest BCUT2D eigenvalue weighted by molar-refractivity contribution is 5.91. The zero-order chi connectivity index (χ0) is 16.2. The van der Waals surface area contributed by atoms with Crippen molar-refractivity contribution in [3.63, 3.8) is 0 Å². The van der Waals surface area contributed by atoms with E-state index in [-0.39, 0.29) is 36.3 Å². The lowest BCUT2D eigenvalue weighted by molar-refractivity contribution is -0.123. The van der Waals surface area contributed by atoms with Gasteiger partial charge in [0.05, 0.1) is 6.26 Å². The van der Waals surface area contributed by atoms with Crippen LogP contribution in [-0.4, -0.2) is 41.9 Å². The highest BCUT2D eigenvalue weighted by Gasteiger charge is 2.29. The molecule has 1 aromatic heterocycles. The molecule has 1 aliphatic carbocycles. The maximum atomic E-state index is 12.2. The van der Waals surface area contributed by atoms with Crippen molar-refractivity contribution >= 4 is 24.2 Å². The first-order chi connectivity index (χ1) is 11.1.